The maximum atomic E-state index is 9.24. The van der Waals surface area contributed by atoms with Gasteiger partial charge < -0.3 is 15.7 Å². The van der Waals surface area contributed by atoms with Crippen LogP contribution in [0.15, 0.2) is 0 Å². The molecule has 3 N–H and O–H groups in total. The Hall–Kier alpha value is -0.120. The van der Waals surface area contributed by atoms with Crippen LogP contribution in [0.4, 0.5) is 0 Å². The van der Waals surface area contributed by atoms with Gasteiger partial charge in [-0.1, -0.05) is 6.92 Å². The molecular formula is C8H18N2O. The topological polar surface area (TPSA) is 44.3 Å². The van der Waals surface area contributed by atoms with E-state index in [1.165, 1.54) is 6.42 Å². The molecule has 1 aliphatic rings. The Bertz CT molecular complexity index is 102. The largest absolute Gasteiger partial charge is 0.392 e. The molecule has 0 aromatic carbocycles. The molecule has 3 heteroatoms. The molecule has 1 rings (SSSR count). The van der Waals surface area contributed by atoms with Crippen molar-refractivity contribution in [3.05, 3.63) is 0 Å². The minimum Gasteiger partial charge on any atom is -0.392 e. The molecule has 1 fully saturated rings. The fourth-order valence-corrected chi connectivity index (χ4v) is 1.28. The van der Waals surface area contributed by atoms with Crippen molar-refractivity contribution in [1.29, 1.82) is 0 Å². The Balaban J connectivity index is 2.01. The van der Waals surface area contributed by atoms with Crippen molar-refractivity contribution >= 4 is 0 Å². The highest BCUT2D eigenvalue weighted by molar-refractivity contribution is 4.77. The highest BCUT2D eigenvalue weighted by Crippen LogP contribution is 1.97. The van der Waals surface area contributed by atoms with E-state index in [0.29, 0.717) is 6.04 Å². The third-order valence-corrected chi connectivity index (χ3v) is 2.17. The molecular weight excluding hydrogens is 140 g/mol. The molecule has 0 bridgehead atoms. The quantitative estimate of drug-likeness (QED) is 0.527. The van der Waals surface area contributed by atoms with Gasteiger partial charge in [-0.2, -0.15) is 0 Å². The Morgan fingerprint density at radius 1 is 1.73 bits per heavy atom. The zero-order valence-electron chi connectivity index (χ0n) is 7.14. The van der Waals surface area contributed by atoms with Gasteiger partial charge in [0.05, 0.1) is 6.10 Å². The van der Waals surface area contributed by atoms with E-state index in [4.69, 9.17) is 0 Å². The monoisotopic (exact) mass is 158 g/mol. The van der Waals surface area contributed by atoms with E-state index in [0.717, 1.165) is 26.1 Å². The summed E-state index contributed by atoms with van der Waals surface area (Å²) < 4.78 is 0. The molecule has 2 atom stereocenters. The zero-order valence-corrected chi connectivity index (χ0v) is 7.14. The van der Waals surface area contributed by atoms with Crippen LogP contribution in [-0.2, 0) is 0 Å². The minimum atomic E-state index is -0.171. The first kappa shape index (κ1) is 8.97. The molecule has 1 saturated heterocycles. The van der Waals surface area contributed by atoms with Gasteiger partial charge in [0.25, 0.3) is 0 Å². The zero-order chi connectivity index (χ0) is 8.10. The second kappa shape index (κ2) is 4.70. The lowest BCUT2D eigenvalue weighted by atomic mass is 10.2. The van der Waals surface area contributed by atoms with Crippen LogP contribution in [0.25, 0.3) is 0 Å². The molecule has 0 saturated carbocycles. The van der Waals surface area contributed by atoms with E-state index in [1.807, 2.05) is 6.92 Å². The van der Waals surface area contributed by atoms with Crippen molar-refractivity contribution in [3.8, 4) is 0 Å². The Labute approximate surface area is 68.2 Å². The lowest BCUT2D eigenvalue weighted by molar-refractivity contribution is 0.163. The predicted octanol–water partition coefficient (Wildman–Crippen LogP) is -0.291. The molecule has 0 aromatic heterocycles. The second-order valence-electron chi connectivity index (χ2n) is 3.16. The van der Waals surface area contributed by atoms with Crippen LogP contribution >= 0.6 is 0 Å². The van der Waals surface area contributed by atoms with Gasteiger partial charge in [-0.3, -0.25) is 0 Å². The summed E-state index contributed by atoms with van der Waals surface area (Å²) in [6, 6.07) is 0.580. The SMILES string of the molecule is CCC(O)CNC1CCNC1. The van der Waals surface area contributed by atoms with Gasteiger partial charge in [-0.15, -0.1) is 0 Å². The Kier molecular flexibility index (Phi) is 3.83. The van der Waals surface area contributed by atoms with Crippen LogP contribution in [0.5, 0.6) is 0 Å². The predicted molar refractivity (Wildman–Crippen MR) is 45.6 cm³/mol. The Morgan fingerprint density at radius 2 is 2.55 bits per heavy atom. The van der Waals surface area contributed by atoms with Crippen LogP contribution < -0.4 is 10.6 Å². The fraction of sp³-hybridized carbons (Fsp3) is 1.00. The number of rotatable bonds is 4. The molecule has 0 radical (unpaired) electrons. The lowest BCUT2D eigenvalue weighted by Crippen LogP contribution is -2.36. The molecule has 0 spiro atoms. The van der Waals surface area contributed by atoms with E-state index in [9.17, 15) is 5.11 Å². The van der Waals surface area contributed by atoms with Gasteiger partial charge in [0.1, 0.15) is 0 Å². The van der Waals surface area contributed by atoms with Crippen molar-refractivity contribution in [2.45, 2.75) is 31.9 Å². The molecule has 0 aliphatic carbocycles. The number of hydrogen-bond acceptors (Lipinski definition) is 3. The Morgan fingerprint density at radius 3 is 3.09 bits per heavy atom. The van der Waals surface area contributed by atoms with Crippen LogP contribution in [-0.4, -0.2) is 36.9 Å². The van der Waals surface area contributed by atoms with Gasteiger partial charge in [0, 0.05) is 19.1 Å². The molecule has 2 unspecified atom stereocenters. The molecule has 1 heterocycles. The molecule has 1 aliphatic heterocycles. The normalized spacial score (nSPS) is 27.3. The summed E-state index contributed by atoms with van der Waals surface area (Å²) in [5.74, 6) is 0. The van der Waals surface area contributed by atoms with Gasteiger partial charge >= 0.3 is 0 Å². The second-order valence-corrected chi connectivity index (χ2v) is 3.16. The van der Waals surface area contributed by atoms with E-state index in [2.05, 4.69) is 10.6 Å². The summed E-state index contributed by atoms with van der Waals surface area (Å²) >= 11 is 0. The average Bonchev–Trinajstić information content (AvgIpc) is 2.52. The first-order chi connectivity index (χ1) is 5.33. The number of nitrogens with one attached hydrogen (secondary N) is 2. The lowest BCUT2D eigenvalue weighted by Gasteiger charge is -2.13. The fourth-order valence-electron chi connectivity index (χ4n) is 1.28. The van der Waals surface area contributed by atoms with E-state index in [1.54, 1.807) is 0 Å². The highest BCUT2D eigenvalue weighted by atomic mass is 16.3. The van der Waals surface area contributed by atoms with Crippen LogP contribution in [0.2, 0.25) is 0 Å². The summed E-state index contributed by atoms with van der Waals surface area (Å²) in [5.41, 5.74) is 0. The summed E-state index contributed by atoms with van der Waals surface area (Å²) in [5, 5.41) is 15.8. The minimum absolute atomic E-state index is 0.171. The van der Waals surface area contributed by atoms with Gasteiger partial charge in [0.2, 0.25) is 0 Å². The summed E-state index contributed by atoms with van der Waals surface area (Å²) in [6.45, 7) is 4.90. The summed E-state index contributed by atoms with van der Waals surface area (Å²) in [6.07, 6.45) is 1.86. The third-order valence-electron chi connectivity index (χ3n) is 2.17. The average molecular weight is 158 g/mol. The van der Waals surface area contributed by atoms with E-state index in [-0.39, 0.29) is 6.10 Å². The molecule has 66 valence electrons. The summed E-state index contributed by atoms with van der Waals surface area (Å²) in [7, 11) is 0. The van der Waals surface area contributed by atoms with Crippen molar-refractivity contribution < 1.29 is 5.11 Å². The third kappa shape index (κ3) is 3.18. The molecule has 11 heavy (non-hydrogen) atoms. The molecule has 0 aromatic rings. The summed E-state index contributed by atoms with van der Waals surface area (Å²) in [4.78, 5) is 0. The maximum absolute atomic E-state index is 9.24. The van der Waals surface area contributed by atoms with Crippen LogP contribution in [0.1, 0.15) is 19.8 Å². The van der Waals surface area contributed by atoms with Gasteiger partial charge in [-0.25, -0.2) is 0 Å². The van der Waals surface area contributed by atoms with E-state index >= 15 is 0 Å². The number of aliphatic hydroxyl groups is 1. The first-order valence-corrected chi connectivity index (χ1v) is 4.45. The molecule has 0 amide bonds. The van der Waals surface area contributed by atoms with Crippen LogP contribution in [0.3, 0.4) is 0 Å². The first-order valence-electron chi connectivity index (χ1n) is 4.45. The van der Waals surface area contributed by atoms with Crippen molar-refractivity contribution in [3.63, 3.8) is 0 Å². The van der Waals surface area contributed by atoms with Crippen molar-refractivity contribution in [1.82, 2.24) is 10.6 Å². The smallest absolute Gasteiger partial charge is 0.0662 e. The van der Waals surface area contributed by atoms with Gasteiger partial charge in [0.15, 0.2) is 0 Å². The molecule has 3 nitrogen and oxygen atoms in total. The number of hydrogen-bond donors (Lipinski definition) is 3. The maximum Gasteiger partial charge on any atom is 0.0662 e. The van der Waals surface area contributed by atoms with Crippen molar-refractivity contribution in [2.75, 3.05) is 19.6 Å². The van der Waals surface area contributed by atoms with Crippen molar-refractivity contribution in [2.24, 2.45) is 0 Å². The number of aliphatic hydroxyl groups excluding tert-OH is 1. The highest BCUT2D eigenvalue weighted by Gasteiger charge is 2.13. The van der Waals surface area contributed by atoms with E-state index < -0.39 is 0 Å². The van der Waals surface area contributed by atoms with Gasteiger partial charge in [-0.05, 0) is 19.4 Å². The van der Waals surface area contributed by atoms with Crippen LogP contribution in [0, 0.1) is 0 Å². The standard InChI is InChI=1S/C8H18N2O/c1-2-8(11)6-10-7-3-4-9-5-7/h7-11H,2-6H2,1H3.